The number of nitro groups is 1. The van der Waals surface area contributed by atoms with Crippen LogP contribution in [-0.4, -0.2) is 9.91 Å². The Hall–Kier alpha value is -2.22. The lowest BCUT2D eigenvalue weighted by atomic mass is 10.3. The molecule has 1 aromatic carbocycles. The number of hydrogen-bond acceptors (Lipinski definition) is 6. The molecule has 0 saturated heterocycles. The Bertz CT molecular complexity index is 587. The third-order valence-electron chi connectivity index (χ3n) is 2.07. The number of halogens is 1. The van der Waals surface area contributed by atoms with Crippen LogP contribution in [0.25, 0.3) is 0 Å². The summed E-state index contributed by atoms with van der Waals surface area (Å²) < 4.78 is 18.5. The van der Waals surface area contributed by atoms with Gasteiger partial charge in [-0.3, -0.25) is 10.1 Å². The smallest absolute Gasteiger partial charge is 0.305 e. The second-order valence-electron chi connectivity index (χ2n) is 3.34. The third kappa shape index (κ3) is 2.72. The highest BCUT2D eigenvalue weighted by molar-refractivity contribution is 7.13. The summed E-state index contributed by atoms with van der Waals surface area (Å²) in [5.74, 6) is -0.736. The lowest BCUT2D eigenvalue weighted by molar-refractivity contribution is -0.387. The average molecular weight is 269 g/mol. The Morgan fingerprint density at radius 1 is 1.56 bits per heavy atom. The number of thiazole rings is 1. The SMILES string of the molecule is Nc1nc(COc2ccc([N+](=O)[O-])c(F)c2)cs1. The topological polar surface area (TPSA) is 91.3 Å². The molecule has 2 aromatic rings. The zero-order valence-electron chi connectivity index (χ0n) is 9.00. The maximum absolute atomic E-state index is 13.3. The van der Waals surface area contributed by atoms with Gasteiger partial charge in [0.25, 0.3) is 0 Å². The van der Waals surface area contributed by atoms with Gasteiger partial charge in [-0.25, -0.2) is 4.98 Å². The van der Waals surface area contributed by atoms with Crippen LogP contribution < -0.4 is 10.5 Å². The number of hydrogen-bond donors (Lipinski definition) is 1. The quantitative estimate of drug-likeness (QED) is 0.679. The van der Waals surface area contributed by atoms with Crippen molar-refractivity contribution in [2.24, 2.45) is 0 Å². The number of ether oxygens (including phenoxy) is 1. The number of nitrogen functional groups attached to an aromatic ring is 1. The van der Waals surface area contributed by atoms with E-state index in [1.165, 1.54) is 17.4 Å². The summed E-state index contributed by atoms with van der Waals surface area (Å²) in [5.41, 5.74) is 5.48. The number of nitrogens with two attached hydrogens (primary N) is 1. The summed E-state index contributed by atoms with van der Waals surface area (Å²) in [6.45, 7) is 0.130. The molecule has 2 rings (SSSR count). The van der Waals surface area contributed by atoms with E-state index in [0.717, 1.165) is 12.1 Å². The molecule has 0 aliphatic carbocycles. The van der Waals surface area contributed by atoms with Crippen molar-refractivity contribution < 1.29 is 14.1 Å². The van der Waals surface area contributed by atoms with Gasteiger partial charge < -0.3 is 10.5 Å². The maximum atomic E-state index is 13.3. The fourth-order valence-corrected chi connectivity index (χ4v) is 1.82. The van der Waals surface area contributed by atoms with E-state index in [4.69, 9.17) is 10.5 Å². The van der Waals surface area contributed by atoms with Gasteiger partial charge in [0.15, 0.2) is 5.13 Å². The molecule has 0 fully saturated rings. The first-order chi connectivity index (χ1) is 8.56. The number of rotatable bonds is 4. The molecule has 1 aromatic heterocycles. The zero-order chi connectivity index (χ0) is 13.1. The molecule has 0 unspecified atom stereocenters. The molecule has 1 heterocycles. The largest absolute Gasteiger partial charge is 0.487 e. The molecule has 0 spiro atoms. The molecular formula is C10H8FN3O3S. The Kier molecular flexibility index (Phi) is 3.38. The average Bonchev–Trinajstić information content (AvgIpc) is 2.72. The second kappa shape index (κ2) is 4.96. The number of benzene rings is 1. The van der Waals surface area contributed by atoms with E-state index in [2.05, 4.69) is 4.98 Å². The molecule has 94 valence electrons. The highest BCUT2D eigenvalue weighted by Gasteiger charge is 2.14. The minimum atomic E-state index is -0.935. The van der Waals surface area contributed by atoms with Crippen molar-refractivity contribution >= 4 is 22.2 Å². The van der Waals surface area contributed by atoms with E-state index in [1.54, 1.807) is 5.38 Å². The monoisotopic (exact) mass is 269 g/mol. The highest BCUT2D eigenvalue weighted by Crippen LogP contribution is 2.23. The third-order valence-corrected chi connectivity index (χ3v) is 2.79. The molecule has 2 N–H and O–H groups in total. The molecule has 0 amide bonds. The number of nitrogens with zero attached hydrogens (tertiary/aromatic N) is 2. The fourth-order valence-electron chi connectivity index (χ4n) is 1.27. The summed E-state index contributed by atoms with van der Waals surface area (Å²) in [6.07, 6.45) is 0. The lowest BCUT2D eigenvalue weighted by Gasteiger charge is -2.04. The highest BCUT2D eigenvalue weighted by atomic mass is 32.1. The van der Waals surface area contributed by atoms with Gasteiger partial charge in [-0.2, -0.15) is 4.39 Å². The summed E-state index contributed by atoms with van der Waals surface area (Å²) in [5, 5.41) is 12.6. The van der Waals surface area contributed by atoms with Crippen molar-refractivity contribution in [3.05, 3.63) is 45.2 Å². The van der Waals surface area contributed by atoms with Crippen molar-refractivity contribution in [3.63, 3.8) is 0 Å². The minimum Gasteiger partial charge on any atom is -0.487 e. The predicted octanol–water partition coefficient (Wildman–Crippen LogP) is 2.35. The van der Waals surface area contributed by atoms with Gasteiger partial charge in [-0.05, 0) is 6.07 Å². The van der Waals surface area contributed by atoms with Gasteiger partial charge in [-0.15, -0.1) is 11.3 Å². The summed E-state index contributed by atoms with van der Waals surface area (Å²) in [4.78, 5) is 13.6. The molecule has 0 bridgehead atoms. The van der Waals surface area contributed by atoms with Crippen LogP contribution in [0.5, 0.6) is 5.75 Å². The molecule has 18 heavy (non-hydrogen) atoms. The van der Waals surface area contributed by atoms with Crippen molar-refractivity contribution in [1.29, 1.82) is 0 Å². The first-order valence-electron chi connectivity index (χ1n) is 4.83. The number of anilines is 1. The van der Waals surface area contributed by atoms with Crippen LogP contribution in [0.15, 0.2) is 23.6 Å². The van der Waals surface area contributed by atoms with Gasteiger partial charge in [0.2, 0.25) is 5.82 Å². The van der Waals surface area contributed by atoms with E-state index >= 15 is 0 Å². The van der Waals surface area contributed by atoms with Crippen LogP contribution >= 0.6 is 11.3 Å². The molecule has 0 aliphatic rings. The van der Waals surface area contributed by atoms with Crippen LogP contribution in [-0.2, 0) is 6.61 Å². The molecule has 0 saturated carbocycles. The van der Waals surface area contributed by atoms with E-state index in [-0.39, 0.29) is 12.4 Å². The van der Waals surface area contributed by atoms with E-state index in [9.17, 15) is 14.5 Å². The number of aromatic nitrogens is 1. The van der Waals surface area contributed by atoms with Crippen LogP contribution in [0.4, 0.5) is 15.2 Å². The van der Waals surface area contributed by atoms with Crippen molar-refractivity contribution in [1.82, 2.24) is 4.98 Å². The van der Waals surface area contributed by atoms with E-state index in [1.807, 2.05) is 0 Å². The van der Waals surface area contributed by atoms with Gasteiger partial charge in [0.1, 0.15) is 12.4 Å². The summed E-state index contributed by atoms with van der Waals surface area (Å²) >= 11 is 1.27. The normalized spacial score (nSPS) is 10.3. The summed E-state index contributed by atoms with van der Waals surface area (Å²) in [6, 6.07) is 3.35. The van der Waals surface area contributed by atoms with Crippen LogP contribution in [0.1, 0.15) is 5.69 Å². The summed E-state index contributed by atoms with van der Waals surface area (Å²) in [7, 11) is 0. The van der Waals surface area contributed by atoms with Crippen LogP contribution in [0, 0.1) is 15.9 Å². The fraction of sp³-hybridized carbons (Fsp3) is 0.100. The van der Waals surface area contributed by atoms with Crippen LogP contribution in [0.2, 0.25) is 0 Å². The Labute approximate surface area is 105 Å². The van der Waals surface area contributed by atoms with Gasteiger partial charge in [0, 0.05) is 17.5 Å². The zero-order valence-corrected chi connectivity index (χ0v) is 9.82. The maximum Gasteiger partial charge on any atom is 0.305 e. The molecule has 0 radical (unpaired) electrons. The Balaban J connectivity index is 2.06. The van der Waals surface area contributed by atoms with E-state index < -0.39 is 16.4 Å². The van der Waals surface area contributed by atoms with Gasteiger partial charge in [0.05, 0.1) is 10.6 Å². The number of nitro benzene ring substituents is 1. The second-order valence-corrected chi connectivity index (χ2v) is 4.23. The molecule has 8 heteroatoms. The van der Waals surface area contributed by atoms with E-state index in [0.29, 0.717) is 10.8 Å². The molecular weight excluding hydrogens is 261 g/mol. The van der Waals surface area contributed by atoms with Crippen molar-refractivity contribution in [2.75, 3.05) is 5.73 Å². The van der Waals surface area contributed by atoms with Crippen molar-refractivity contribution in [2.45, 2.75) is 6.61 Å². The van der Waals surface area contributed by atoms with Gasteiger partial charge in [-0.1, -0.05) is 0 Å². The Morgan fingerprint density at radius 2 is 2.33 bits per heavy atom. The minimum absolute atomic E-state index is 0.130. The lowest BCUT2D eigenvalue weighted by Crippen LogP contribution is -1.98. The predicted molar refractivity (Wildman–Crippen MR) is 63.9 cm³/mol. The Morgan fingerprint density at radius 3 is 2.89 bits per heavy atom. The van der Waals surface area contributed by atoms with Gasteiger partial charge >= 0.3 is 5.69 Å². The van der Waals surface area contributed by atoms with Crippen molar-refractivity contribution in [3.8, 4) is 5.75 Å². The molecule has 6 nitrogen and oxygen atoms in total. The molecule has 0 aliphatic heterocycles. The first-order valence-corrected chi connectivity index (χ1v) is 5.71. The first kappa shape index (κ1) is 12.2. The molecule has 0 atom stereocenters. The standard InChI is InChI=1S/C10H8FN3O3S/c11-8-3-7(1-2-9(8)14(15)16)17-4-6-5-18-10(12)13-6/h1-3,5H,4H2,(H2,12,13). The van der Waals surface area contributed by atoms with Crippen LogP contribution in [0.3, 0.4) is 0 Å².